The summed E-state index contributed by atoms with van der Waals surface area (Å²) in [6, 6.07) is 22.4. The van der Waals surface area contributed by atoms with Gasteiger partial charge in [0.25, 0.3) is 17.4 Å². The highest BCUT2D eigenvalue weighted by molar-refractivity contribution is 7.18. The predicted octanol–water partition coefficient (Wildman–Crippen LogP) is 4.38. The Hall–Kier alpha value is -3.68. The Bertz CT molecular complexity index is 1430. The van der Waals surface area contributed by atoms with Crippen LogP contribution < -0.4 is 16.2 Å². The lowest BCUT2D eigenvalue weighted by Crippen LogP contribution is -2.44. The van der Waals surface area contributed by atoms with E-state index in [1.807, 2.05) is 24.3 Å². The van der Waals surface area contributed by atoms with E-state index < -0.39 is 0 Å². The molecule has 34 heavy (non-hydrogen) atoms. The summed E-state index contributed by atoms with van der Waals surface area (Å²) in [6.45, 7) is 0. The number of hydrogen-bond donors (Lipinski definition) is 2. The van der Waals surface area contributed by atoms with Crippen LogP contribution >= 0.6 is 22.9 Å². The van der Waals surface area contributed by atoms with Gasteiger partial charge in [0.05, 0.1) is 21.3 Å². The van der Waals surface area contributed by atoms with Gasteiger partial charge in [-0.05, 0) is 60.0 Å². The maximum Gasteiger partial charge on any atom is 0.261 e. The van der Waals surface area contributed by atoms with Crippen molar-refractivity contribution in [1.29, 1.82) is 0 Å². The third-order valence-corrected chi connectivity index (χ3v) is 7.09. The maximum atomic E-state index is 13.1. The number of nitrogens with one attached hydrogen (secondary N) is 2. The Labute approximate surface area is 204 Å². The van der Waals surface area contributed by atoms with Gasteiger partial charge in [0.2, 0.25) is 0 Å². The Balaban J connectivity index is 1.35. The number of thiophene rings is 1. The molecule has 6 nitrogen and oxygen atoms in total. The number of amides is 2. The third kappa shape index (κ3) is 4.40. The van der Waals surface area contributed by atoms with Crippen LogP contribution in [0.15, 0.2) is 89.9 Å². The second kappa shape index (κ2) is 9.29. The number of aromatic nitrogens is 1. The van der Waals surface area contributed by atoms with Gasteiger partial charge in [-0.15, -0.1) is 11.3 Å². The second-order valence-electron chi connectivity index (χ2n) is 7.99. The topological polar surface area (TPSA) is 80.2 Å². The zero-order valence-electron chi connectivity index (χ0n) is 17.9. The lowest BCUT2D eigenvalue weighted by atomic mass is 10.1. The molecule has 0 saturated carbocycles. The van der Waals surface area contributed by atoms with E-state index in [9.17, 15) is 14.4 Å². The van der Waals surface area contributed by atoms with Gasteiger partial charge in [0.15, 0.2) is 0 Å². The predicted molar refractivity (Wildman–Crippen MR) is 133 cm³/mol. The molecule has 0 fully saturated rings. The van der Waals surface area contributed by atoms with Crippen molar-refractivity contribution in [2.75, 3.05) is 0 Å². The van der Waals surface area contributed by atoms with Gasteiger partial charge in [-0.2, -0.15) is 0 Å². The zero-order chi connectivity index (χ0) is 23.7. The first kappa shape index (κ1) is 22.1. The Morgan fingerprint density at radius 3 is 2.38 bits per heavy atom. The largest absolute Gasteiger partial charge is 0.347 e. The van der Waals surface area contributed by atoms with E-state index in [4.69, 9.17) is 11.6 Å². The molecule has 1 aliphatic rings. The van der Waals surface area contributed by atoms with Crippen LogP contribution in [-0.4, -0.2) is 22.4 Å². The molecule has 2 aromatic carbocycles. The molecule has 2 aromatic heterocycles. The molecule has 0 aliphatic heterocycles. The summed E-state index contributed by atoms with van der Waals surface area (Å²) >= 11 is 7.20. The van der Waals surface area contributed by atoms with Gasteiger partial charge in [-0.3, -0.25) is 19.0 Å². The SMILES string of the molecule is O=C(N[C@H]1Cc2ccccc2C1NC(=O)c1ccc(Cl)s1)c1ccc(-n2ccccc2=O)cc1. The van der Waals surface area contributed by atoms with E-state index in [0.29, 0.717) is 26.9 Å². The molecule has 0 bridgehead atoms. The Morgan fingerprint density at radius 2 is 1.65 bits per heavy atom. The van der Waals surface area contributed by atoms with Crippen LogP contribution in [0.25, 0.3) is 5.69 Å². The quantitative estimate of drug-likeness (QED) is 0.436. The van der Waals surface area contributed by atoms with E-state index in [2.05, 4.69) is 10.6 Å². The number of nitrogens with zero attached hydrogens (tertiary/aromatic N) is 1. The average Bonchev–Trinajstić information content (AvgIpc) is 3.43. The minimum absolute atomic E-state index is 0.144. The van der Waals surface area contributed by atoms with Crippen LogP contribution in [0.2, 0.25) is 4.34 Å². The highest BCUT2D eigenvalue weighted by atomic mass is 35.5. The van der Waals surface area contributed by atoms with Gasteiger partial charge in [0, 0.05) is 23.5 Å². The van der Waals surface area contributed by atoms with E-state index in [-0.39, 0.29) is 29.5 Å². The van der Waals surface area contributed by atoms with Crippen LogP contribution in [0.3, 0.4) is 0 Å². The fourth-order valence-corrected chi connectivity index (χ4v) is 5.17. The van der Waals surface area contributed by atoms with Crippen molar-refractivity contribution in [2.24, 2.45) is 0 Å². The minimum atomic E-state index is -0.365. The first-order chi connectivity index (χ1) is 16.5. The molecular weight excluding hydrogens is 470 g/mol. The number of hydrogen-bond acceptors (Lipinski definition) is 4. The van der Waals surface area contributed by atoms with Gasteiger partial charge in [-0.1, -0.05) is 41.9 Å². The third-order valence-electron chi connectivity index (χ3n) is 5.86. The van der Waals surface area contributed by atoms with Gasteiger partial charge in [0.1, 0.15) is 0 Å². The fourth-order valence-electron chi connectivity index (χ4n) is 4.22. The summed E-state index contributed by atoms with van der Waals surface area (Å²) in [4.78, 5) is 38.5. The van der Waals surface area contributed by atoms with Crippen LogP contribution in [0.5, 0.6) is 0 Å². The average molecular weight is 490 g/mol. The second-order valence-corrected chi connectivity index (χ2v) is 9.71. The normalized spacial score (nSPS) is 16.6. The Kier molecular flexibility index (Phi) is 6.04. The number of halogens is 1. The van der Waals surface area contributed by atoms with Crippen LogP contribution in [-0.2, 0) is 6.42 Å². The number of pyridine rings is 1. The minimum Gasteiger partial charge on any atom is -0.347 e. The summed E-state index contributed by atoms with van der Waals surface area (Å²) < 4.78 is 2.06. The molecule has 1 unspecified atom stereocenters. The number of fused-ring (bicyclic) bond motifs is 1. The summed E-state index contributed by atoms with van der Waals surface area (Å²) in [5, 5.41) is 6.15. The number of benzene rings is 2. The summed E-state index contributed by atoms with van der Waals surface area (Å²) in [5.41, 5.74) is 3.08. The first-order valence-corrected chi connectivity index (χ1v) is 11.9. The van der Waals surface area contributed by atoms with E-state index in [1.54, 1.807) is 54.7 Å². The summed E-state index contributed by atoms with van der Waals surface area (Å²) in [5.74, 6) is -0.473. The van der Waals surface area contributed by atoms with Crippen molar-refractivity contribution in [1.82, 2.24) is 15.2 Å². The van der Waals surface area contributed by atoms with Crippen LogP contribution in [0.4, 0.5) is 0 Å². The molecule has 1 aliphatic carbocycles. The van der Waals surface area contributed by atoms with E-state index in [1.165, 1.54) is 22.0 Å². The van der Waals surface area contributed by atoms with Crippen molar-refractivity contribution in [3.63, 3.8) is 0 Å². The van der Waals surface area contributed by atoms with E-state index >= 15 is 0 Å². The highest BCUT2D eigenvalue weighted by Crippen LogP contribution is 2.32. The maximum absolute atomic E-state index is 13.1. The van der Waals surface area contributed by atoms with Crippen LogP contribution in [0.1, 0.15) is 37.2 Å². The molecule has 2 atom stereocenters. The number of rotatable bonds is 5. The van der Waals surface area contributed by atoms with Crippen molar-refractivity contribution in [3.05, 3.63) is 121 Å². The zero-order valence-corrected chi connectivity index (χ0v) is 19.5. The smallest absolute Gasteiger partial charge is 0.261 e. The van der Waals surface area contributed by atoms with Gasteiger partial charge >= 0.3 is 0 Å². The molecule has 0 radical (unpaired) electrons. The lowest BCUT2D eigenvalue weighted by molar-refractivity contribution is 0.0890. The molecule has 8 heteroatoms. The lowest BCUT2D eigenvalue weighted by Gasteiger charge is -2.23. The summed E-state index contributed by atoms with van der Waals surface area (Å²) in [6.07, 6.45) is 2.29. The molecule has 170 valence electrons. The van der Waals surface area contributed by atoms with Crippen molar-refractivity contribution in [3.8, 4) is 5.69 Å². The van der Waals surface area contributed by atoms with Crippen molar-refractivity contribution < 1.29 is 9.59 Å². The molecule has 2 heterocycles. The monoisotopic (exact) mass is 489 g/mol. The van der Waals surface area contributed by atoms with Gasteiger partial charge < -0.3 is 10.6 Å². The highest BCUT2D eigenvalue weighted by Gasteiger charge is 2.35. The standard InChI is InChI=1S/C26H20ClN3O3S/c27-22-13-12-21(34-22)26(33)29-24-19-6-2-1-5-17(19)15-20(24)28-25(32)16-8-10-18(11-9-16)30-14-4-3-7-23(30)31/h1-14,20,24H,15H2,(H,28,32)(H,29,33)/t20-,24?/m0/s1. The van der Waals surface area contributed by atoms with Crippen LogP contribution in [0, 0.1) is 0 Å². The number of carbonyl (C=O) groups is 2. The van der Waals surface area contributed by atoms with Gasteiger partial charge in [-0.25, -0.2) is 0 Å². The molecule has 5 rings (SSSR count). The molecule has 2 N–H and O–H groups in total. The van der Waals surface area contributed by atoms with Crippen molar-refractivity contribution >= 4 is 34.8 Å². The molecule has 4 aromatic rings. The summed E-state index contributed by atoms with van der Waals surface area (Å²) in [7, 11) is 0. The molecule has 0 spiro atoms. The fraction of sp³-hybridized carbons (Fsp3) is 0.115. The Morgan fingerprint density at radius 1 is 0.882 bits per heavy atom. The first-order valence-electron chi connectivity index (χ1n) is 10.7. The van der Waals surface area contributed by atoms with Crippen molar-refractivity contribution in [2.45, 2.75) is 18.5 Å². The van der Waals surface area contributed by atoms with E-state index in [0.717, 1.165) is 11.1 Å². The molecule has 2 amide bonds. The number of carbonyl (C=O) groups excluding carboxylic acids is 2. The molecule has 0 saturated heterocycles. The molecular formula is C26H20ClN3O3S.